The molecule has 5 heteroatoms. The molecule has 5 nitrogen and oxygen atoms in total. The lowest BCUT2D eigenvalue weighted by Gasteiger charge is -2.01. The highest BCUT2D eigenvalue weighted by Gasteiger charge is 1.99. The van der Waals surface area contributed by atoms with E-state index in [1.54, 1.807) is 12.2 Å². The van der Waals surface area contributed by atoms with Gasteiger partial charge in [-0.25, -0.2) is 4.79 Å². The number of carbonyl (C=O) groups excluding carboxylic acids is 1. The smallest absolute Gasteiger partial charge is 0.323 e. The topological polar surface area (TPSA) is 78.4 Å². The first-order chi connectivity index (χ1) is 5.66. The summed E-state index contributed by atoms with van der Waals surface area (Å²) in [6.07, 6.45) is 3.54. The molecule has 0 bridgehead atoms. The highest BCUT2D eigenvalue weighted by Crippen LogP contribution is 1.69. The second-order valence-electron chi connectivity index (χ2n) is 2.03. The molecular weight excluding hydrogens is 160 g/mol. The summed E-state index contributed by atoms with van der Waals surface area (Å²) in [6, 6.07) is -0.476. The molecule has 0 unspecified atom stereocenters. The van der Waals surface area contributed by atoms with E-state index in [9.17, 15) is 9.59 Å². The van der Waals surface area contributed by atoms with Crippen molar-refractivity contribution in [2.45, 2.75) is 6.92 Å². The van der Waals surface area contributed by atoms with Crippen LogP contribution in [0.2, 0.25) is 0 Å². The highest BCUT2D eigenvalue weighted by molar-refractivity contribution is 5.79. The molecule has 0 aliphatic carbocycles. The molecule has 3 N–H and O–H groups in total. The zero-order valence-electron chi connectivity index (χ0n) is 6.83. The third-order valence-electron chi connectivity index (χ3n) is 1.02. The lowest BCUT2D eigenvalue weighted by atomic mass is 10.5. The van der Waals surface area contributed by atoms with E-state index in [1.807, 2.05) is 6.92 Å². The fraction of sp³-hybridized carbons (Fsp3) is 0.429. The average Bonchev–Trinajstić information content (AvgIpc) is 2.01. The molecular formula is C7H12N2O3. The second-order valence-corrected chi connectivity index (χ2v) is 2.03. The van der Waals surface area contributed by atoms with E-state index in [2.05, 4.69) is 10.6 Å². The summed E-state index contributed by atoms with van der Waals surface area (Å²) >= 11 is 0. The van der Waals surface area contributed by atoms with E-state index in [0.29, 0.717) is 6.54 Å². The summed E-state index contributed by atoms with van der Waals surface area (Å²) in [5.41, 5.74) is 0. The van der Waals surface area contributed by atoms with Gasteiger partial charge in [0, 0.05) is 6.54 Å². The number of allylic oxidation sites excluding steroid dienone is 1. The van der Waals surface area contributed by atoms with Gasteiger partial charge in [0.25, 0.3) is 0 Å². The van der Waals surface area contributed by atoms with E-state index in [4.69, 9.17) is 5.11 Å². The zero-order valence-corrected chi connectivity index (χ0v) is 6.83. The van der Waals surface area contributed by atoms with Crippen LogP contribution in [0.15, 0.2) is 12.2 Å². The van der Waals surface area contributed by atoms with Crippen LogP contribution in [0.4, 0.5) is 4.79 Å². The van der Waals surface area contributed by atoms with Crippen LogP contribution >= 0.6 is 0 Å². The fourth-order valence-electron chi connectivity index (χ4n) is 0.488. The lowest BCUT2D eigenvalue weighted by Crippen LogP contribution is -2.38. The van der Waals surface area contributed by atoms with Crippen LogP contribution < -0.4 is 10.6 Å². The predicted octanol–water partition coefficient (Wildman–Crippen LogP) is -0.0537. The van der Waals surface area contributed by atoms with Crippen molar-refractivity contribution in [3.8, 4) is 0 Å². The maximum absolute atomic E-state index is 10.7. The first-order valence-corrected chi connectivity index (χ1v) is 3.51. The van der Waals surface area contributed by atoms with Gasteiger partial charge >= 0.3 is 12.0 Å². The largest absolute Gasteiger partial charge is 0.480 e. The average molecular weight is 172 g/mol. The van der Waals surface area contributed by atoms with Gasteiger partial charge < -0.3 is 15.7 Å². The van der Waals surface area contributed by atoms with Crippen LogP contribution in [0.3, 0.4) is 0 Å². The Labute approximate surface area is 70.5 Å². The number of aliphatic carboxylic acids is 1. The number of hydrogen-bond acceptors (Lipinski definition) is 2. The number of nitrogens with one attached hydrogen (secondary N) is 2. The van der Waals surface area contributed by atoms with Crippen molar-refractivity contribution in [1.29, 1.82) is 0 Å². The summed E-state index contributed by atoms with van der Waals surface area (Å²) in [5.74, 6) is -1.06. The molecule has 0 spiro atoms. The van der Waals surface area contributed by atoms with Gasteiger partial charge in [0.15, 0.2) is 0 Å². The maximum Gasteiger partial charge on any atom is 0.323 e. The fourth-order valence-corrected chi connectivity index (χ4v) is 0.488. The van der Waals surface area contributed by atoms with Crippen LogP contribution in [0, 0.1) is 0 Å². The Balaban J connectivity index is 3.40. The van der Waals surface area contributed by atoms with Crippen molar-refractivity contribution in [3.63, 3.8) is 0 Å². The van der Waals surface area contributed by atoms with Crippen LogP contribution in [0.1, 0.15) is 6.92 Å². The highest BCUT2D eigenvalue weighted by atomic mass is 16.4. The molecule has 0 aliphatic heterocycles. The monoisotopic (exact) mass is 172 g/mol. The minimum atomic E-state index is -1.06. The van der Waals surface area contributed by atoms with Gasteiger partial charge in [-0.05, 0) is 6.92 Å². The minimum absolute atomic E-state index is 0.359. The van der Waals surface area contributed by atoms with Crippen molar-refractivity contribution >= 4 is 12.0 Å². The first kappa shape index (κ1) is 10.5. The molecule has 12 heavy (non-hydrogen) atoms. The Hall–Kier alpha value is -1.52. The molecule has 0 rings (SSSR count). The third kappa shape index (κ3) is 6.60. The van der Waals surface area contributed by atoms with E-state index in [1.165, 1.54) is 0 Å². The summed E-state index contributed by atoms with van der Waals surface area (Å²) < 4.78 is 0. The van der Waals surface area contributed by atoms with Gasteiger partial charge in [-0.1, -0.05) is 12.2 Å². The number of carboxylic acid groups (broad SMARTS) is 1. The molecule has 2 amide bonds. The number of hydrogen-bond donors (Lipinski definition) is 3. The van der Waals surface area contributed by atoms with Crippen LogP contribution in [0.25, 0.3) is 0 Å². The predicted molar refractivity (Wildman–Crippen MR) is 43.9 cm³/mol. The molecule has 0 heterocycles. The molecule has 0 aromatic carbocycles. The SMILES string of the molecule is C/C=C/CNC(=O)NCC(=O)O. The number of carbonyl (C=O) groups is 2. The third-order valence-corrected chi connectivity index (χ3v) is 1.02. The van der Waals surface area contributed by atoms with Crippen LogP contribution in [0.5, 0.6) is 0 Å². The Morgan fingerprint density at radius 2 is 2.08 bits per heavy atom. The molecule has 0 saturated carbocycles. The van der Waals surface area contributed by atoms with Gasteiger partial charge in [0.05, 0.1) is 0 Å². The Kier molecular flexibility index (Phi) is 5.42. The molecule has 0 radical (unpaired) electrons. The van der Waals surface area contributed by atoms with Crippen molar-refractivity contribution in [2.75, 3.05) is 13.1 Å². The number of amides is 2. The van der Waals surface area contributed by atoms with Crippen molar-refractivity contribution in [2.24, 2.45) is 0 Å². The summed E-state index contributed by atoms with van der Waals surface area (Å²) in [6.45, 7) is 1.88. The number of urea groups is 1. The van der Waals surface area contributed by atoms with Gasteiger partial charge in [-0.2, -0.15) is 0 Å². The van der Waals surface area contributed by atoms with Gasteiger partial charge in [0.1, 0.15) is 6.54 Å². The Morgan fingerprint density at radius 3 is 2.58 bits per heavy atom. The van der Waals surface area contributed by atoms with E-state index >= 15 is 0 Å². The summed E-state index contributed by atoms with van der Waals surface area (Å²) in [4.78, 5) is 20.7. The van der Waals surface area contributed by atoms with Crippen LogP contribution in [-0.2, 0) is 4.79 Å². The minimum Gasteiger partial charge on any atom is -0.480 e. The Morgan fingerprint density at radius 1 is 1.42 bits per heavy atom. The zero-order chi connectivity index (χ0) is 9.40. The van der Waals surface area contributed by atoms with E-state index in [-0.39, 0.29) is 6.54 Å². The number of carboxylic acids is 1. The molecule has 0 saturated heterocycles. The molecule has 0 aromatic heterocycles. The van der Waals surface area contributed by atoms with E-state index in [0.717, 1.165) is 0 Å². The molecule has 0 aromatic rings. The molecule has 0 fully saturated rings. The van der Waals surface area contributed by atoms with E-state index < -0.39 is 12.0 Å². The maximum atomic E-state index is 10.7. The van der Waals surface area contributed by atoms with Crippen LogP contribution in [-0.4, -0.2) is 30.2 Å². The van der Waals surface area contributed by atoms with Crippen molar-refractivity contribution < 1.29 is 14.7 Å². The standard InChI is InChI=1S/C7H12N2O3/c1-2-3-4-8-7(12)9-5-6(10)11/h2-3H,4-5H2,1H3,(H,10,11)(H2,8,9,12)/b3-2+. The second kappa shape index (κ2) is 6.21. The van der Waals surface area contributed by atoms with Crippen molar-refractivity contribution in [3.05, 3.63) is 12.2 Å². The molecule has 0 aliphatic rings. The first-order valence-electron chi connectivity index (χ1n) is 3.51. The normalized spacial score (nSPS) is 9.75. The number of rotatable bonds is 4. The Bertz CT molecular complexity index is 189. The molecule has 0 atom stereocenters. The van der Waals surface area contributed by atoms with Gasteiger partial charge in [0.2, 0.25) is 0 Å². The summed E-state index contributed by atoms with van der Waals surface area (Å²) in [7, 11) is 0. The van der Waals surface area contributed by atoms with Crippen molar-refractivity contribution in [1.82, 2.24) is 10.6 Å². The molecule has 68 valence electrons. The van der Waals surface area contributed by atoms with Gasteiger partial charge in [-0.15, -0.1) is 0 Å². The lowest BCUT2D eigenvalue weighted by molar-refractivity contribution is -0.135. The van der Waals surface area contributed by atoms with Gasteiger partial charge in [-0.3, -0.25) is 4.79 Å². The quantitative estimate of drug-likeness (QED) is 0.520. The summed E-state index contributed by atoms with van der Waals surface area (Å²) in [5, 5.41) is 12.8.